The van der Waals surface area contributed by atoms with Crippen LogP contribution in [0.25, 0.3) is 0 Å². The van der Waals surface area contributed by atoms with Crippen LogP contribution in [-0.4, -0.2) is 11.1 Å². The molecule has 0 atom stereocenters. The van der Waals surface area contributed by atoms with Crippen molar-refractivity contribution in [1.29, 1.82) is 0 Å². The van der Waals surface area contributed by atoms with E-state index in [1.807, 2.05) is 31.2 Å². The molecule has 2 rings (SSSR count). The maximum atomic E-state index is 11.6. The fourth-order valence-corrected chi connectivity index (χ4v) is 1.42. The molecule has 0 spiro atoms. The van der Waals surface area contributed by atoms with Crippen molar-refractivity contribution < 1.29 is 9.32 Å². The van der Waals surface area contributed by atoms with Gasteiger partial charge in [0.25, 0.3) is 0 Å². The lowest BCUT2D eigenvalue weighted by Crippen LogP contribution is -2.14. The molecule has 0 aliphatic carbocycles. The zero-order valence-corrected chi connectivity index (χ0v) is 8.93. The van der Waals surface area contributed by atoms with Crippen LogP contribution in [0.5, 0.6) is 0 Å². The molecular formula is C12H12N2O2. The summed E-state index contributed by atoms with van der Waals surface area (Å²) >= 11 is 0. The Morgan fingerprint density at radius 2 is 2.31 bits per heavy atom. The zero-order valence-electron chi connectivity index (χ0n) is 8.93. The van der Waals surface area contributed by atoms with Crippen molar-refractivity contribution in [3.63, 3.8) is 0 Å². The molecule has 1 N–H and O–H groups in total. The first-order chi connectivity index (χ1) is 7.74. The van der Waals surface area contributed by atoms with Crippen LogP contribution in [0, 0.1) is 6.92 Å². The number of hydrogen-bond donors (Lipinski definition) is 1. The van der Waals surface area contributed by atoms with E-state index >= 15 is 0 Å². The Hall–Kier alpha value is -2.10. The van der Waals surface area contributed by atoms with Crippen molar-refractivity contribution in [3.05, 3.63) is 47.9 Å². The van der Waals surface area contributed by atoms with Crippen LogP contribution < -0.4 is 5.32 Å². The lowest BCUT2D eigenvalue weighted by atomic mass is 10.2. The predicted octanol–water partition coefficient (Wildman–Crippen LogP) is 2.16. The number of hydrogen-bond acceptors (Lipinski definition) is 3. The van der Waals surface area contributed by atoms with Gasteiger partial charge in [0.15, 0.2) is 0 Å². The first-order valence-corrected chi connectivity index (χ1v) is 5.00. The minimum absolute atomic E-state index is 0.0977. The van der Waals surface area contributed by atoms with Gasteiger partial charge >= 0.3 is 0 Å². The first kappa shape index (κ1) is 10.4. The Labute approximate surface area is 93.3 Å². The molecule has 1 aromatic carbocycles. The molecule has 0 fully saturated rings. The molecule has 1 amide bonds. The number of aryl methyl sites for hydroxylation is 1. The van der Waals surface area contributed by atoms with Crippen molar-refractivity contribution in [1.82, 2.24) is 5.16 Å². The highest BCUT2D eigenvalue weighted by molar-refractivity contribution is 5.92. The van der Waals surface area contributed by atoms with E-state index in [2.05, 4.69) is 15.0 Å². The van der Waals surface area contributed by atoms with Gasteiger partial charge in [-0.15, -0.1) is 0 Å². The van der Waals surface area contributed by atoms with Gasteiger partial charge in [0.05, 0.1) is 12.1 Å². The Kier molecular flexibility index (Phi) is 3.00. The van der Waals surface area contributed by atoms with Crippen molar-refractivity contribution in [3.8, 4) is 0 Å². The van der Waals surface area contributed by atoms with Crippen LogP contribution in [0.2, 0.25) is 0 Å². The van der Waals surface area contributed by atoms with E-state index in [-0.39, 0.29) is 12.3 Å². The van der Waals surface area contributed by atoms with Gasteiger partial charge in [0.1, 0.15) is 6.26 Å². The molecule has 1 heterocycles. The second kappa shape index (κ2) is 4.61. The quantitative estimate of drug-likeness (QED) is 0.855. The molecule has 0 saturated heterocycles. The average Bonchev–Trinajstić information content (AvgIpc) is 2.70. The maximum Gasteiger partial charge on any atom is 0.230 e. The predicted molar refractivity (Wildman–Crippen MR) is 60.0 cm³/mol. The molecule has 0 saturated carbocycles. The molecule has 4 heteroatoms. The summed E-state index contributed by atoms with van der Waals surface area (Å²) in [4.78, 5) is 11.6. The van der Waals surface area contributed by atoms with Crippen LogP contribution >= 0.6 is 0 Å². The maximum absolute atomic E-state index is 11.6. The normalized spacial score (nSPS) is 10.1. The highest BCUT2D eigenvalue weighted by Crippen LogP contribution is 2.10. The van der Waals surface area contributed by atoms with E-state index in [0.717, 1.165) is 11.3 Å². The molecule has 82 valence electrons. The molecule has 0 aliphatic rings. The summed E-state index contributed by atoms with van der Waals surface area (Å²) in [5.74, 6) is -0.0977. The lowest BCUT2D eigenvalue weighted by molar-refractivity contribution is -0.115. The molecule has 1 aromatic heterocycles. The number of amides is 1. The topological polar surface area (TPSA) is 55.1 Å². The Balaban J connectivity index is 1.97. The van der Waals surface area contributed by atoms with Gasteiger partial charge in [0.2, 0.25) is 5.91 Å². The second-order valence-corrected chi connectivity index (χ2v) is 3.59. The lowest BCUT2D eigenvalue weighted by Gasteiger charge is -2.04. The summed E-state index contributed by atoms with van der Waals surface area (Å²) in [6.07, 6.45) is 1.68. The van der Waals surface area contributed by atoms with Gasteiger partial charge in [-0.05, 0) is 24.6 Å². The van der Waals surface area contributed by atoms with Crippen molar-refractivity contribution in [2.24, 2.45) is 0 Å². The molecule has 2 aromatic rings. The number of rotatable bonds is 3. The second-order valence-electron chi connectivity index (χ2n) is 3.59. The van der Waals surface area contributed by atoms with Gasteiger partial charge < -0.3 is 9.84 Å². The van der Waals surface area contributed by atoms with E-state index < -0.39 is 0 Å². The van der Waals surface area contributed by atoms with Crippen LogP contribution in [0.3, 0.4) is 0 Å². The number of carbonyl (C=O) groups is 1. The Bertz CT molecular complexity index is 478. The molecule has 16 heavy (non-hydrogen) atoms. The number of aromatic nitrogens is 1. The highest BCUT2D eigenvalue weighted by Gasteiger charge is 2.06. The monoisotopic (exact) mass is 216 g/mol. The number of nitrogens with zero attached hydrogens (tertiary/aromatic N) is 1. The molecule has 0 aliphatic heterocycles. The summed E-state index contributed by atoms with van der Waals surface area (Å²) < 4.78 is 4.65. The van der Waals surface area contributed by atoms with E-state index in [0.29, 0.717) is 5.69 Å². The summed E-state index contributed by atoms with van der Waals surface area (Å²) in [5, 5.41) is 6.48. The fourth-order valence-electron chi connectivity index (χ4n) is 1.42. The summed E-state index contributed by atoms with van der Waals surface area (Å²) in [5.41, 5.74) is 2.54. The van der Waals surface area contributed by atoms with Gasteiger partial charge in [-0.1, -0.05) is 17.3 Å². The fraction of sp³-hybridized carbons (Fsp3) is 0.167. The number of anilines is 1. The van der Waals surface area contributed by atoms with E-state index in [1.165, 1.54) is 6.26 Å². The van der Waals surface area contributed by atoms with Crippen molar-refractivity contribution in [2.75, 3.05) is 5.32 Å². The summed E-state index contributed by atoms with van der Waals surface area (Å²) in [6, 6.07) is 9.33. The van der Waals surface area contributed by atoms with E-state index in [4.69, 9.17) is 0 Å². The minimum Gasteiger partial charge on any atom is -0.364 e. The first-order valence-electron chi connectivity index (χ1n) is 5.00. The van der Waals surface area contributed by atoms with Crippen LogP contribution in [0.1, 0.15) is 11.3 Å². The smallest absolute Gasteiger partial charge is 0.230 e. The number of nitrogens with one attached hydrogen (secondary N) is 1. The third-order valence-electron chi connectivity index (χ3n) is 2.13. The molecular weight excluding hydrogens is 204 g/mol. The third-order valence-corrected chi connectivity index (χ3v) is 2.13. The highest BCUT2D eigenvalue weighted by atomic mass is 16.5. The van der Waals surface area contributed by atoms with Gasteiger partial charge in [-0.25, -0.2) is 0 Å². The largest absolute Gasteiger partial charge is 0.364 e. The average molecular weight is 216 g/mol. The van der Waals surface area contributed by atoms with Crippen LogP contribution in [0.15, 0.2) is 41.1 Å². The van der Waals surface area contributed by atoms with Crippen molar-refractivity contribution >= 4 is 11.6 Å². The molecule has 4 nitrogen and oxygen atoms in total. The van der Waals surface area contributed by atoms with E-state index in [1.54, 1.807) is 6.07 Å². The SMILES string of the molecule is Cc1cccc(NC(=O)Cc2ccon2)c1. The standard InChI is InChI=1S/C12H12N2O2/c1-9-3-2-4-10(7-9)13-12(15)8-11-5-6-16-14-11/h2-7H,8H2,1H3,(H,13,15). The molecule has 0 radical (unpaired) electrons. The van der Waals surface area contributed by atoms with Gasteiger partial charge in [-0.2, -0.15) is 0 Å². The molecule has 0 bridgehead atoms. The number of carbonyl (C=O) groups excluding carboxylic acids is 1. The summed E-state index contributed by atoms with van der Waals surface area (Å²) in [7, 11) is 0. The Morgan fingerprint density at radius 3 is 3.00 bits per heavy atom. The summed E-state index contributed by atoms with van der Waals surface area (Å²) in [6.45, 7) is 1.98. The Morgan fingerprint density at radius 1 is 1.44 bits per heavy atom. The zero-order chi connectivity index (χ0) is 11.4. The third kappa shape index (κ3) is 2.70. The van der Waals surface area contributed by atoms with E-state index in [9.17, 15) is 4.79 Å². The van der Waals surface area contributed by atoms with Gasteiger partial charge in [0, 0.05) is 11.8 Å². The van der Waals surface area contributed by atoms with Crippen LogP contribution in [-0.2, 0) is 11.2 Å². The minimum atomic E-state index is -0.0977. The van der Waals surface area contributed by atoms with Crippen molar-refractivity contribution in [2.45, 2.75) is 13.3 Å². The molecule has 0 unspecified atom stereocenters. The number of benzene rings is 1. The van der Waals surface area contributed by atoms with Crippen LogP contribution in [0.4, 0.5) is 5.69 Å². The van der Waals surface area contributed by atoms with Gasteiger partial charge in [-0.3, -0.25) is 4.79 Å².